The Kier molecular flexibility index (Phi) is 5.15. The Labute approximate surface area is 115 Å². The molecule has 0 aromatic heterocycles. The zero-order valence-corrected chi connectivity index (χ0v) is 12.4. The molecule has 1 rings (SSSR count). The van der Waals surface area contributed by atoms with E-state index >= 15 is 0 Å². The molecule has 0 aromatic rings. The first-order valence-electron chi connectivity index (χ1n) is 6.88. The first kappa shape index (κ1) is 15.7. The van der Waals surface area contributed by atoms with Crippen LogP contribution in [0.3, 0.4) is 0 Å². The molecule has 108 valence electrons. The summed E-state index contributed by atoms with van der Waals surface area (Å²) in [5, 5.41) is 2.87. The van der Waals surface area contributed by atoms with Crippen molar-refractivity contribution in [2.75, 3.05) is 0 Å². The van der Waals surface area contributed by atoms with Crippen molar-refractivity contribution in [3.8, 4) is 0 Å². The molecule has 0 spiro atoms. The molecule has 19 heavy (non-hydrogen) atoms. The van der Waals surface area contributed by atoms with Crippen molar-refractivity contribution in [3.63, 3.8) is 0 Å². The fraction of sp³-hybridized carbons (Fsp3) is 0.733. The van der Waals surface area contributed by atoms with Gasteiger partial charge in [0.1, 0.15) is 5.60 Å². The van der Waals surface area contributed by atoms with Crippen LogP contribution in [0.15, 0.2) is 12.2 Å². The average Bonchev–Trinajstić information content (AvgIpc) is 2.26. The van der Waals surface area contributed by atoms with Crippen molar-refractivity contribution < 1.29 is 14.3 Å². The van der Waals surface area contributed by atoms with E-state index in [0.717, 1.165) is 25.7 Å². The van der Waals surface area contributed by atoms with Gasteiger partial charge in [0.05, 0.1) is 0 Å². The predicted octanol–water partition coefficient (Wildman–Crippen LogP) is 3.22. The number of nitrogens with one attached hydrogen (secondary N) is 1. The van der Waals surface area contributed by atoms with Gasteiger partial charge in [-0.25, -0.2) is 4.79 Å². The lowest BCUT2D eigenvalue weighted by Gasteiger charge is -2.29. The predicted molar refractivity (Wildman–Crippen MR) is 74.9 cm³/mol. The van der Waals surface area contributed by atoms with E-state index in [4.69, 9.17) is 4.74 Å². The summed E-state index contributed by atoms with van der Waals surface area (Å²) in [6.07, 6.45) is 2.90. The molecule has 1 aliphatic carbocycles. The standard InChI is InChI=1S/C15H25NO3/c1-10(2)13(17)11-6-8-12(9-7-11)16-14(18)19-15(3,4)5/h11-12H,1,6-9H2,2-5H3,(H,16,18). The number of ketones is 1. The second-order valence-corrected chi connectivity index (χ2v) is 6.34. The average molecular weight is 267 g/mol. The van der Waals surface area contributed by atoms with Crippen molar-refractivity contribution in [3.05, 3.63) is 12.2 Å². The third-order valence-electron chi connectivity index (χ3n) is 3.24. The first-order valence-corrected chi connectivity index (χ1v) is 6.88. The smallest absolute Gasteiger partial charge is 0.407 e. The van der Waals surface area contributed by atoms with Gasteiger partial charge >= 0.3 is 6.09 Å². The van der Waals surface area contributed by atoms with Gasteiger partial charge < -0.3 is 10.1 Å². The fourth-order valence-electron chi connectivity index (χ4n) is 2.32. The molecule has 1 saturated carbocycles. The lowest BCUT2D eigenvalue weighted by Crippen LogP contribution is -2.41. The molecule has 1 N–H and O–H groups in total. The van der Waals surface area contributed by atoms with Crippen LogP contribution in [0.2, 0.25) is 0 Å². The van der Waals surface area contributed by atoms with Gasteiger partial charge in [-0.3, -0.25) is 4.79 Å². The van der Waals surface area contributed by atoms with Crippen molar-refractivity contribution in [1.29, 1.82) is 0 Å². The van der Waals surface area contributed by atoms with Crippen molar-refractivity contribution in [2.45, 2.75) is 65.0 Å². The Morgan fingerprint density at radius 1 is 1.16 bits per heavy atom. The number of Topliss-reactive ketones (excluding diaryl/α,β-unsaturated/α-hetero) is 1. The number of allylic oxidation sites excluding steroid dienone is 1. The van der Waals surface area contributed by atoms with Gasteiger partial charge in [-0.15, -0.1) is 0 Å². The first-order chi connectivity index (χ1) is 8.69. The van der Waals surface area contributed by atoms with E-state index in [1.165, 1.54) is 0 Å². The van der Waals surface area contributed by atoms with E-state index in [2.05, 4.69) is 11.9 Å². The van der Waals surface area contributed by atoms with Crippen LogP contribution in [0, 0.1) is 5.92 Å². The summed E-state index contributed by atoms with van der Waals surface area (Å²) in [4.78, 5) is 23.4. The summed E-state index contributed by atoms with van der Waals surface area (Å²) in [6.45, 7) is 11.0. The number of amides is 1. The van der Waals surface area contributed by atoms with Gasteiger partial charge in [-0.05, 0) is 59.0 Å². The zero-order chi connectivity index (χ0) is 14.6. The molecule has 0 aliphatic heterocycles. The molecule has 0 saturated heterocycles. The van der Waals surface area contributed by atoms with Crippen molar-refractivity contribution in [1.82, 2.24) is 5.32 Å². The number of rotatable bonds is 3. The molecule has 4 nitrogen and oxygen atoms in total. The molecular weight excluding hydrogens is 242 g/mol. The molecule has 0 unspecified atom stereocenters. The summed E-state index contributed by atoms with van der Waals surface area (Å²) < 4.78 is 5.22. The van der Waals surface area contributed by atoms with E-state index in [1.807, 2.05) is 20.8 Å². The second kappa shape index (κ2) is 6.22. The number of hydrogen-bond acceptors (Lipinski definition) is 3. The lowest BCUT2D eigenvalue weighted by molar-refractivity contribution is -0.120. The molecule has 1 aliphatic rings. The van der Waals surface area contributed by atoms with Gasteiger partial charge in [0.25, 0.3) is 0 Å². The third kappa shape index (κ3) is 5.45. The molecule has 0 bridgehead atoms. The van der Waals surface area contributed by atoms with Crippen LogP contribution in [-0.4, -0.2) is 23.5 Å². The number of ether oxygens (including phenoxy) is 1. The quantitative estimate of drug-likeness (QED) is 0.799. The largest absolute Gasteiger partial charge is 0.444 e. The fourth-order valence-corrected chi connectivity index (χ4v) is 2.32. The monoisotopic (exact) mass is 267 g/mol. The summed E-state index contributed by atoms with van der Waals surface area (Å²) in [7, 11) is 0. The van der Waals surface area contributed by atoms with Crippen LogP contribution >= 0.6 is 0 Å². The van der Waals surface area contributed by atoms with Crippen LogP contribution in [0.4, 0.5) is 4.79 Å². The number of hydrogen-bond donors (Lipinski definition) is 1. The Morgan fingerprint density at radius 2 is 1.68 bits per heavy atom. The van der Waals surface area contributed by atoms with Crippen LogP contribution in [0.1, 0.15) is 53.4 Å². The molecule has 0 radical (unpaired) electrons. The van der Waals surface area contributed by atoms with Gasteiger partial charge in [-0.1, -0.05) is 6.58 Å². The van der Waals surface area contributed by atoms with Crippen LogP contribution in [0.5, 0.6) is 0 Å². The van der Waals surface area contributed by atoms with Crippen molar-refractivity contribution in [2.24, 2.45) is 5.92 Å². The molecule has 1 amide bonds. The highest BCUT2D eigenvalue weighted by Crippen LogP contribution is 2.26. The molecule has 4 heteroatoms. The minimum absolute atomic E-state index is 0.0780. The minimum atomic E-state index is -0.475. The number of carbonyl (C=O) groups is 2. The summed E-state index contributed by atoms with van der Waals surface area (Å²) in [5.74, 6) is 0.241. The zero-order valence-electron chi connectivity index (χ0n) is 12.4. The van der Waals surface area contributed by atoms with Crippen LogP contribution in [-0.2, 0) is 9.53 Å². The van der Waals surface area contributed by atoms with Gasteiger partial charge in [-0.2, -0.15) is 0 Å². The van der Waals surface area contributed by atoms with E-state index in [-0.39, 0.29) is 23.8 Å². The van der Waals surface area contributed by atoms with E-state index in [1.54, 1.807) is 6.92 Å². The maximum absolute atomic E-state index is 11.8. The highest BCUT2D eigenvalue weighted by molar-refractivity contribution is 5.96. The Bertz CT molecular complexity index is 360. The van der Waals surface area contributed by atoms with E-state index < -0.39 is 5.60 Å². The highest BCUT2D eigenvalue weighted by atomic mass is 16.6. The third-order valence-corrected chi connectivity index (χ3v) is 3.24. The SMILES string of the molecule is C=C(C)C(=O)C1CCC(NC(=O)OC(C)(C)C)CC1. The highest BCUT2D eigenvalue weighted by Gasteiger charge is 2.28. The second-order valence-electron chi connectivity index (χ2n) is 6.34. The van der Waals surface area contributed by atoms with E-state index in [9.17, 15) is 9.59 Å². The Balaban J connectivity index is 2.36. The topological polar surface area (TPSA) is 55.4 Å². The maximum Gasteiger partial charge on any atom is 0.407 e. The molecule has 1 fully saturated rings. The summed E-state index contributed by atoms with van der Waals surface area (Å²) in [5.41, 5.74) is 0.153. The normalized spacial score (nSPS) is 23.6. The van der Waals surface area contributed by atoms with Crippen LogP contribution < -0.4 is 5.32 Å². The number of carbonyl (C=O) groups excluding carboxylic acids is 2. The van der Waals surface area contributed by atoms with Gasteiger partial charge in [0, 0.05) is 12.0 Å². The van der Waals surface area contributed by atoms with E-state index in [0.29, 0.717) is 5.57 Å². The maximum atomic E-state index is 11.8. The van der Waals surface area contributed by atoms with Gasteiger partial charge in [0.15, 0.2) is 5.78 Å². The lowest BCUT2D eigenvalue weighted by atomic mass is 9.82. The summed E-state index contributed by atoms with van der Waals surface area (Å²) >= 11 is 0. The Morgan fingerprint density at radius 3 is 2.11 bits per heavy atom. The Hall–Kier alpha value is -1.32. The molecular formula is C15H25NO3. The molecule has 0 aromatic carbocycles. The van der Waals surface area contributed by atoms with Gasteiger partial charge in [0.2, 0.25) is 0 Å². The molecule has 0 heterocycles. The molecule has 0 atom stereocenters. The van der Waals surface area contributed by atoms with Crippen LogP contribution in [0.25, 0.3) is 0 Å². The number of alkyl carbamates (subject to hydrolysis) is 1. The summed E-state index contributed by atoms with van der Waals surface area (Å²) in [6, 6.07) is 0.115. The van der Waals surface area contributed by atoms with Crippen molar-refractivity contribution >= 4 is 11.9 Å². The minimum Gasteiger partial charge on any atom is -0.444 e.